The summed E-state index contributed by atoms with van der Waals surface area (Å²) in [5.74, 6) is -0.602. The molecule has 0 aliphatic heterocycles. The zero-order valence-corrected chi connectivity index (χ0v) is 10.8. The molecular weight excluding hydrogens is 285 g/mol. The van der Waals surface area contributed by atoms with Gasteiger partial charge < -0.3 is 5.32 Å². The highest BCUT2D eigenvalue weighted by Crippen LogP contribution is 2.16. The third-order valence-corrected chi connectivity index (χ3v) is 2.51. The summed E-state index contributed by atoms with van der Waals surface area (Å²) in [4.78, 5) is 11.3. The van der Waals surface area contributed by atoms with Gasteiger partial charge in [-0.15, -0.1) is 6.58 Å². The number of amides is 1. The molecule has 17 heavy (non-hydrogen) atoms. The summed E-state index contributed by atoms with van der Waals surface area (Å²) in [6.45, 7) is 4.08. The molecule has 1 aromatic rings. The van der Waals surface area contributed by atoms with Crippen LogP contribution in [-0.2, 0) is 4.79 Å². The van der Waals surface area contributed by atoms with Gasteiger partial charge in [-0.3, -0.25) is 4.79 Å². The molecular formula is C13H13BrFNO. The average Bonchev–Trinajstić information content (AvgIpc) is 2.31. The van der Waals surface area contributed by atoms with Crippen LogP contribution in [0, 0.1) is 5.82 Å². The van der Waals surface area contributed by atoms with E-state index in [9.17, 15) is 9.18 Å². The molecule has 0 bridgehead atoms. The maximum absolute atomic E-state index is 13.3. The lowest BCUT2D eigenvalue weighted by atomic mass is 10.2. The van der Waals surface area contributed by atoms with Crippen LogP contribution in [0.5, 0.6) is 0 Å². The van der Waals surface area contributed by atoms with Crippen LogP contribution >= 0.6 is 15.9 Å². The Morgan fingerprint density at radius 3 is 3.00 bits per heavy atom. The summed E-state index contributed by atoms with van der Waals surface area (Å²) < 4.78 is 14.1. The molecule has 0 unspecified atom stereocenters. The van der Waals surface area contributed by atoms with Gasteiger partial charge in [0.2, 0.25) is 5.91 Å². The van der Waals surface area contributed by atoms with Gasteiger partial charge in [-0.05, 0) is 30.7 Å². The number of carbonyl (C=O) groups is 1. The standard InChI is InChI=1S/C13H13BrFNO/c1-2-3-8-16-13(17)7-4-10-9-11(14)5-6-12(10)15/h2,4-7,9H,1,3,8H2,(H,16,17)/b7-4+. The zero-order valence-electron chi connectivity index (χ0n) is 9.25. The Morgan fingerprint density at radius 1 is 1.53 bits per heavy atom. The van der Waals surface area contributed by atoms with Crippen molar-refractivity contribution in [1.82, 2.24) is 5.32 Å². The quantitative estimate of drug-likeness (QED) is 0.504. The Kier molecular flexibility index (Phi) is 5.63. The maximum Gasteiger partial charge on any atom is 0.244 e. The van der Waals surface area contributed by atoms with Gasteiger partial charge in [-0.1, -0.05) is 22.0 Å². The van der Waals surface area contributed by atoms with Gasteiger partial charge in [0.15, 0.2) is 0 Å². The second-order valence-electron chi connectivity index (χ2n) is 3.37. The minimum atomic E-state index is -0.358. The van der Waals surface area contributed by atoms with Crippen molar-refractivity contribution in [3.8, 4) is 0 Å². The van der Waals surface area contributed by atoms with Crippen molar-refractivity contribution in [2.75, 3.05) is 6.54 Å². The van der Waals surface area contributed by atoms with Crippen LogP contribution < -0.4 is 5.32 Å². The van der Waals surface area contributed by atoms with Crippen molar-refractivity contribution in [3.63, 3.8) is 0 Å². The summed E-state index contributed by atoms with van der Waals surface area (Å²) >= 11 is 3.24. The topological polar surface area (TPSA) is 29.1 Å². The molecule has 0 atom stereocenters. The molecule has 1 aromatic carbocycles. The number of nitrogens with one attached hydrogen (secondary N) is 1. The van der Waals surface area contributed by atoms with Crippen LogP contribution in [0.2, 0.25) is 0 Å². The van der Waals surface area contributed by atoms with E-state index >= 15 is 0 Å². The number of rotatable bonds is 5. The molecule has 0 saturated heterocycles. The molecule has 2 nitrogen and oxygen atoms in total. The Balaban J connectivity index is 2.60. The van der Waals surface area contributed by atoms with E-state index in [-0.39, 0.29) is 11.7 Å². The van der Waals surface area contributed by atoms with Crippen molar-refractivity contribution in [2.45, 2.75) is 6.42 Å². The molecule has 0 spiro atoms. The smallest absolute Gasteiger partial charge is 0.244 e. The number of hydrogen-bond acceptors (Lipinski definition) is 1. The van der Waals surface area contributed by atoms with E-state index < -0.39 is 0 Å². The lowest BCUT2D eigenvalue weighted by molar-refractivity contribution is -0.116. The van der Waals surface area contributed by atoms with E-state index in [1.807, 2.05) is 0 Å². The molecule has 90 valence electrons. The lowest BCUT2D eigenvalue weighted by Crippen LogP contribution is -2.21. The first-order valence-corrected chi connectivity index (χ1v) is 5.94. The lowest BCUT2D eigenvalue weighted by Gasteiger charge is -1.99. The third-order valence-electron chi connectivity index (χ3n) is 2.02. The maximum atomic E-state index is 13.3. The first-order valence-electron chi connectivity index (χ1n) is 5.15. The largest absolute Gasteiger partial charge is 0.352 e. The van der Waals surface area contributed by atoms with Crippen molar-refractivity contribution in [1.29, 1.82) is 0 Å². The van der Waals surface area contributed by atoms with Crippen molar-refractivity contribution in [2.24, 2.45) is 0 Å². The van der Waals surface area contributed by atoms with Gasteiger partial charge >= 0.3 is 0 Å². The van der Waals surface area contributed by atoms with E-state index in [4.69, 9.17) is 0 Å². The highest BCUT2D eigenvalue weighted by atomic mass is 79.9. The third kappa shape index (κ3) is 4.95. The van der Waals surface area contributed by atoms with Gasteiger partial charge in [0.05, 0.1) is 0 Å². The van der Waals surface area contributed by atoms with Gasteiger partial charge in [-0.25, -0.2) is 4.39 Å². The van der Waals surface area contributed by atoms with E-state index in [1.54, 1.807) is 18.2 Å². The highest BCUT2D eigenvalue weighted by molar-refractivity contribution is 9.10. The van der Waals surface area contributed by atoms with Crippen LogP contribution in [0.15, 0.2) is 41.4 Å². The van der Waals surface area contributed by atoms with Crippen LogP contribution in [0.25, 0.3) is 6.08 Å². The Hall–Kier alpha value is -1.42. The van der Waals surface area contributed by atoms with Crippen molar-refractivity contribution in [3.05, 3.63) is 52.8 Å². The molecule has 0 aliphatic carbocycles. The Bertz CT molecular complexity index is 443. The van der Waals surface area contributed by atoms with Gasteiger partial charge in [-0.2, -0.15) is 0 Å². The SMILES string of the molecule is C=CCCNC(=O)/C=C/c1cc(Br)ccc1F. The number of halogens is 2. The molecule has 0 aliphatic rings. The van der Waals surface area contributed by atoms with Crippen molar-refractivity contribution < 1.29 is 9.18 Å². The minimum absolute atomic E-state index is 0.244. The monoisotopic (exact) mass is 297 g/mol. The van der Waals surface area contributed by atoms with Gasteiger partial charge in [0, 0.05) is 22.7 Å². The predicted molar refractivity (Wildman–Crippen MR) is 71.0 cm³/mol. The Labute approximate surface area is 108 Å². The van der Waals surface area contributed by atoms with Gasteiger partial charge in [0.1, 0.15) is 5.82 Å². The van der Waals surface area contributed by atoms with Crippen molar-refractivity contribution >= 4 is 27.9 Å². The fraction of sp³-hybridized carbons (Fsp3) is 0.154. The van der Waals surface area contributed by atoms with Crippen LogP contribution in [-0.4, -0.2) is 12.5 Å². The molecule has 1 N–H and O–H groups in total. The second kappa shape index (κ2) is 7.01. The van der Waals surface area contributed by atoms with E-state index in [0.717, 1.165) is 4.47 Å². The predicted octanol–water partition coefficient (Wildman–Crippen LogP) is 3.29. The summed E-state index contributed by atoms with van der Waals surface area (Å²) in [5.41, 5.74) is 0.373. The molecule has 1 rings (SSSR count). The second-order valence-corrected chi connectivity index (χ2v) is 4.28. The fourth-order valence-corrected chi connectivity index (χ4v) is 1.54. The summed E-state index contributed by atoms with van der Waals surface area (Å²) in [6.07, 6.45) is 5.19. The molecule has 1 amide bonds. The fourth-order valence-electron chi connectivity index (χ4n) is 1.16. The molecule has 0 radical (unpaired) electrons. The minimum Gasteiger partial charge on any atom is -0.352 e. The number of carbonyl (C=O) groups excluding carboxylic acids is 1. The molecule has 0 saturated carbocycles. The number of hydrogen-bond donors (Lipinski definition) is 1. The summed E-state index contributed by atoms with van der Waals surface area (Å²) in [5, 5.41) is 2.66. The summed E-state index contributed by atoms with van der Waals surface area (Å²) in [7, 11) is 0. The normalized spacial score (nSPS) is 10.5. The molecule has 0 heterocycles. The molecule has 4 heteroatoms. The summed E-state index contributed by atoms with van der Waals surface area (Å²) in [6, 6.07) is 4.57. The zero-order chi connectivity index (χ0) is 12.7. The Morgan fingerprint density at radius 2 is 2.29 bits per heavy atom. The number of benzene rings is 1. The average molecular weight is 298 g/mol. The highest BCUT2D eigenvalue weighted by Gasteiger charge is 2.00. The van der Waals surface area contributed by atoms with Crippen LogP contribution in [0.1, 0.15) is 12.0 Å². The first-order chi connectivity index (χ1) is 8.13. The van der Waals surface area contributed by atoms with Crippen LogP contribution in [0.3, 0.4) is 0 Å². The first kappa shape index (κ1) is 13.6. The molecule has 0 fully saturated rings. The van der Waals surface area contributed by atoms with E-state index in [2.05, 4.69) is 27.8 Å². The van der Waals surface area contributed by atoms with E-state index in [0.29, 0.717) is 18.5 Å². The van der Waals surface area contributed by atoms with Gasteiger partial charge in [0.25, 0.3) is 0 Å². The van der Waals surface area contributed by atoms with E-state index in [1.165, 1.54) is 18.2 Å². The molecule has 0 aromatic heterocycles. The van der Waals surface area contributed by atoms with Crippen LogP contribution in [0.4, 0.5) is 4.39 Å².